The highest BCUT2D eigenvalue weighted by molar-refractivity contribution is 6.77. The Morgan fingerprint density at radius 3 is 1.32 bits per heavy atom. The van der Waals surface area contributed by atoms with Crippen LogP contribution in [0.15, 0.2) is 128 Å². The van der Waals surface area contributed by atoms with Gasteiger partial charge < -0.3 is 43.5 Å². The number of amides is 2. The van der Waals surface area contributed by atoms with Crippen molar-refractivity contribution in [2.75, 3.05) is 76.2 Å². The van der Waals surface area contributed by atoms with Crippen molar-refractivity contribution in [1.29, 1.82) is 0 Å². The minimum absolute atomic E-state index is 0.00355. The number of carbonyl (C=O) groups excluding carboxylic acids is 2. The summed E-state index contributed by atoms with van der Waals surface area (Å²) in [5.74, 6) is 1.87. The summed E-state index contributed by atoms with van der Waals surface area (Å²) in [5.41, 5.74) is 11.1. The fourth-order valence-electron chi connectivity index (χ4n) is 14.1. The normalized spacial score (nSPS) is 18.5. The first-order valence-electron chi connectivity index (χ1n) is 39.2. The largest absolute Gasteiger partial charge is 0.444 e. The quantitative estimate of drug-likeness (QED) is 0.0275. The van der Waals surface area contributed by atoms with Crippen LogP contribution in [-0.2, 0) is 28.4 Å². The third kappa shape index (κ3) is 22.4. The molecule has 3 saturated heterocycles. The van der Waals surface area contributed by atoms with E-state index in [1.54, 1.807) is 0 Å². The predicted molar refractivity (Wildman–Crippen MR) is 447 cm³/mol. The number of rotatable bonds is 28. The number of hydrogen-bond donors (Lipinski definition) is 1. The first-order chi connectivity index (χ1) is 51.1. The molecule has 4 unspecified atom stereocenters. The van der Waals surface area contributed by atoms with E-state index in [9.17, 15) is 9.59 Å². The molecular weight excluding hydrogens is 1420 g/mol. The van der Waals surface area contributed by atoms with Gasteiger partial charge in [-0.05, 0) is 122 Å². The van der Waals surface area contributed by atoms with Crippen molar-refractivity contribution in [3.05, 3.63) is 139 Å². The van der Waals surface area contributed by atoms with Crippen LogP contribution in [0, 0.1) is 0 Å². The molecule has 4 aliphatic heterocycles. The Morgan fingerprint density at radius 2 is 0.917 bits per heavy atom. The van der Waals surface area contributed by atoms with E-state index in [4.69, 9.17) is 58.6 Å². The molecule has 3 fully saturated rings. The average Bonchev–Trinajstić information content (AvgIpc) is 1.46. The molecule has 12 rings (SSSR count). The summed E-state index contributed by atoms with van der Waals surface area (Å²) < 4.78 is 41.2. The highest BCUT2D eigenvalue weighted by Gasteiger charge is 2.45. The molecular formula is C83H121N13O8Si4. The first kappa shape index (κ1) is 81.5. The van der Waals surface area contributed by atoms with E-state index in [1.807, 2.05) is 122 Å². The van der Waals surface area contributed by atoms with Gasteiger partial charge in [0, 0.05) is 159 Å². The lowest BCUT2D eigenvalue weighted by Crippen LogP contribution is -2.63. The Hall–Kier alpha value is -7.47. The minimum Gasteiger partial charge on any atom is -0.444 e. The Kier molecular flexibility index (Phi) is 26.3. The second kappa shape index (κ2) is 34.8. The van der Waals surface area contributed by atoms with Gasteiger partial charge in [0.05, 0.1) is 35.5 Å². The molecule has 6 aromatic heterocycles. The number of fused-ring (bicyclic) bond motifs is 6. The lowest BCUT2D eigenvalue weighted by molar-refractivity contribution is -0.0171. The fourth-order valence-corrected chi connectivity index (χ4v) is 17.1. The molecule has 1 N–H and O–H groups in total. The molecule has 4 atom stereocenters. The van der Waals surface area contributed by atoms with Crippen LogP contribution in [0.1, 0.15) is 97.4 Å². The van der Waals surface area contributed by atoms with Crippen molar-refractivity contribution in [2.24, 2.45) is 0 Å². The zero-order valence-electron chi connectivity index (χ0n) is 67.8. The van der Waals surface area contributed by atoms with Crippen molar-refractivity contribution in [1.82, 2.24) is 54.3 Å². The zero-order chi connectivity index (χ0) is 77.3. The smallest absolute Gasteiger partial charge is 0.411 e. The fraction of sp³-hybridized carbons (Fsp3) is 0.542. The number of carbonyl (C=O) groups is 2. The highest BCUT2D eigenvalue weighted by atomic mass is 28.3. The molecule has 582 valence electrons. The van der Waals surface area contributed by atoms with Gasteiger partial charge in [0.1, 0.15) is 49.8 Å². The molecule has 8 aromatic rings. The summed E-state index contributed by atoms with van der Waals surface area (Å²) in [4.78, 5) is 55.6. The maximum absolute atomic E-state index is 13.5. The second-order valence-electron chi connectivity index (χ2n) is 36.7. The molecule has 2 amide bonds. The number of anilines is 2. The Bertz CT molecular complexity index is 4260. The number of pyridine rings is 2. The van der Waals surface area contributed by atoms with E-state index in [1.165, 1.54) is 0 Å². The van der Waals surface area contributed by atoms with Crippen LogP contribution in [0.25, 0.3) is 61.6 Å². The van der Waals surface area contributed by atoms with Crippen LogP contribution in [0.2, 0.25) is 103 Å². The van der Waals surface area contributed by atoms with Crippen LogP contribution >= 0.6 is 0 Å². The summed E-state index contributed by atoms with van der Waals surface area (Å²) in [7, 11) is -5.13. The summed E-state index contributed by atoms with van der Waals surface area (Å²) in [6, 6.07) is 37.4. The number of ether oxygens (including phenoxy) is 6. The lowest BCUT2D eigenvalue weighted by atomic mass is 9.82. The van der Waals surface area contributed by atoms with Crippen molar-refractivity contribution in [3.63, 3.8) is 0 Å². The van der Waals surface area contributed by atoms with Crippen LogP contribution < -0.4 is 15.1 Å². The van der Waals surface area contributed by atoms with E-state index in [0.29, 0.717) is 59.8 Å². The van der Waals surface area contributed by atoms with Gasteiger partial charge in [-0.2, -0.15) is 19.2 Å². The number of aromatic nitrogens is 8. The number of hydrogen-bond acceptors (Lipinski definition) is 17. The van der Waals surface area contributed by atoms with Gasteiger partial charge in [0.25, 0.3) is 0 Å². The van der Waals surface area contributed by atoms with Gasteiger partial charge in [0.15, 0.2) is 11.3 Å². The Morgan fingerprint density at radius 1 is 0.491 bits per heavy atom. The molecule has 0 spiro atoms. The molecule has 4 bridgehead atoms. The summed E-state index contributed by atoms with van der Waals surface area (Å²) in [5, 5.41) is 13.5. The number of piperidine rings is 2. The summed E-state index contributed by atoms with van der Waals surface area (Å²) >= 11 is 0. The predicted octanol–water partition coefficient (Wildman–Crippen LogP) is 18.2. The molecule has 0 radical (unpaired) electrons. The van der Waals surface area contributed by atoms with Crippen LogP contribution in [0.4, 0.5) is 21.2 Å². The molecule has 25 heteroatoms. The third-order valence-corrected chi connectivity index (χ3v) is 26.9. The van der Waals surface area contributed by atoms with E-state index in [0.717, 1.165) is 154 Å². The topological polar surface area (TPSA) is 201 Å². The van der Waals surface area contributed by atoms with Gasteiger partial charge in [-0.15, -0.1) is 0 Å². The average molecular weight is 1540 g/mol. The molecule has 0 aliphatic carbocycles. The zero-order valence-corrected chi connectivity index (χ0v) is 71.8. The van der Waals surface area contributed by atoms with Crippen LogP contribution in [-0.4, -0.2) is 195 Å². The summed E-state index contributed by atoms with van der Waals surface area (Å²) in [6.07, 6.45) is 14.6. The molecule has 10 heterocycles. The van der Waals surface area contributed by atoms with Gasteiger partial charge in [0.2, 0.25) is 0 Å². The number of piperazine rings is 1. The van der Waals surface area contributed by atoms with E-state index < -0.39 is 43.5 Å². The number of nitrogens with one attached hydrogen (secondary N) is 1. The highest BCUT2D eigenvalue weighted by Crippen LogP contribution is 2.42. The van der Waals surface area contributed by atoms with Gasteiger partial charge >= 0.3 is 12.2 Å². The number of nitrogens with zero attached hydrogens (tertiary/aromatic N) is 12. The minimum atomic E-state index is -1.28. The van der Waals surface area contributed by atoms with Gasteiger partial charge in [-0.25, -0.2) is 19.6 Å². The molecule has 0 saturated carbocycles. The van der Waals surface area contributed by atoms with E-state index in [-0.39, 0.29) is 42.3 Å². The van der Waals surface area contributed by atoms with Crippen molar-refractivity contribution < 1.29 is 38.0 Å². The van der Waals surface area contributed by atoms with Crippen LogP contribution in [0.5, 0.6) is 0 Å². The molecule has 4 aliphatic rings. The maximum Gasteiger partial charge on any atom is 0.411 e. The summed E-state index contributed by atoms with van der Waals surface area (Å²) in [6.45, 7) is 45.8. The molecule has 2 aromatic carbocycles. The first-order valence-corrected chi connectivity index (χ1v) is 54.0. The number of benzene rings is 2. The molecule has 21 nitrogen and oxygen atoms in total. The van der Waals surface area contributed by atoms with Crippen molar-refractivity contribution in [3.8, 4) is 44.8 Å². The third-order valence-electron chi connectivity index (χ3n) is 20.1. The van der Waals surface area contributed by atoms with Crippen molar-refractivity contribution in [2.45, 2.75) is 224 Å². The van der Waals surface area contributed by atoms with Crippen LogP contribution in [0.3, 0.4) is 0 Å². The van der Waals surface area contributed by atoms with E-state index in [2.05, 4.69) is 160 Å². The molecule has 108 heavy (non-hydrogen) atoms. The van der Waals surface area contributed by atoms with Crippen molar-refractivity contribution >= 4 is 73.0 Å². The Balaban J connectivity index is 0.000000215. The second-order valence-corrected chi connectivity index (χ2v) is 59.1. The van der Waals surface area contributed by atoms with Gasteiger partial charge in [-0.3, -0.25) is 19.8 Å². The monoisotopic (exact) mass is 1540 g/mol. The lowest BCUT2D eigenvalue weighted by Gasteiger charge is -2.48. The maximum atomic E-state index is 13.5. The SMILES string of the molecule is CC(C)(C)OC(=O)N1C2C=C(c3cc(N(COCC[Si](C)(C)C)COCC[Si](C)(C)C)n4ncc(-c5ccc(-c6ccccc6)nc5)c4n3)CC1CCC2.CC(C)(C)OC(=O)N1C2CNCC1CC(c1cc(N(COCC[Si](C)(C)C)COCC[Si](C)(C)C)n3ncc(-c4ccc(-c5ccccc5)nc4)c3n1)C2. The van der Waals surface area contributed by atoms with E-state index >= 15 is 0 Å². The van der Waals surface area contributed by atoms with Gasteiger partial charge in [-0.1, -0.05) is 157 Å². The standard InChI is InChI=1S/C42H60N6O4Si2.C41H61N7O4Si2/c1-42(2,3)52-41(49)47-34-16-13-17-35(47)25-33(24-34)38-26-39(46(29-50-20-22-53(4,5)6)30-51-21-23-54(7,8)9)48-40(45-38)36(28-44-48)32-18-19-37(43-27-32)31-14-11-10-12-15-31;1-41(2,3)52-40(49)47-33-21-32(22-34(47)26-42-25-33)37-23-38(46(28-50-17-19-53(4,5)6)29-51-18-20-54(7,8)9)48-39(45-37)35(27-44-48)31-15-16-36(43-24-31)30-13-11-10-12-14-30/h10-12,14-15,18-19,24,26-28,34-35H,13,16-17,20-23,25,29-30H2,1-9H3;10-16,23-24,27,32-34,42H,17-22,25-26,28-29H2,1-9H3. The Labute approximate surface area is 646 Å².